The molecule has 0 saturated carbocycles. The van der Waals surface area contributed by atoms with Crippen LogP contribution >= 0.6 is 0 Å². The Labute approximate surface area is 125 Å². The van der Waals surface area contributed by atoms with Crippen molar-refractivity contribution in [1.82, 2.24) is 5.32 Å². The Hall–Kier alpha value is -2.06. The van der Waals surface area contributed by atoms with Gasteiger partial charge in [0, 0.05) is 5.39 Å². The highest BCUT2D eigenvalue weighted by Gasteiger charge is 2.15. The minimum absolute atomic E-state index is 0.223. The predicted molar refractivity (Wildman–Crippen MR) is 87.5 cm³/mol. The van der Waals surface area contributed by atoms with Crippen molar-refractivity contribution in [3.05, 3.63) is 71.5 Å². The highest BCUT2D eigenvalue weighted by molar-refractivity contribution is 5.82. The van der Waals surface area contributed by atoms with Crippen LogP contribution in [0.3, 0.4) is 0 Å². The van der Waals surface area contributed by atoms with Gasteiger partial charge in [-0.15, -0.1) is 0 Å². The van der Waals surface area contributed by atoms with Gasteiger partial charge in [0.15, 0.2) is 0 Å². The van der Waals surface area contributed by atoms with Crippen LogP contribution in [-0.2, 0) is 6.42 Å². The first-order chi connectivity index (χ1) is 10.3. The van der Waals surface area contributed by atoms with Crippen molar-refractivity contribution in [2.24, 2.45) is 0 Å². The number of fused-ring (bicyclic) bond motifs is 1. The van der Waals surface area contributed by atoms with Crippen LogP contribution in [0.1, 0.15) is 29.9 Å². The number of aryl methyl sites for hydroxylation is 1. The van der Waals surface area contributed by atoms with Gasteiger partial charge in [-0.05, 0) is 44.0 Å². The fourth-order valence-electron chi connectivity index (χ4n) is 2.78. The Morgan fingerprint density at radius 3 is 2.48 bits per heavy atom. The van der Waals surface area contributed by atoms with Gasteiger partial charge >= 0.3 is 0 Å². The molecule has 1 atom stereocenters. The van der Waals surface area contributed by atoms with Crippen LogP contribution in [0.25, 0.3) is 11.0 Å². The van der Waals surface area contributed by atoms with Crippen molar-refractivity contribution < 1.29 is 4.42 Å². The van der Waals surface area contributed by atoms with Gasteiger partial charge in [-0.25, -0.2) is 0 Å². The molecule has 1 aromatic heterocycles. The molecular formula is C19H21NO. The number of benzene rings is 2. The van der Waals surface area contributed by atoms with E-state index in [1.54, 1.807) is 0 Å². The van der Waals surface area contributed by atoms with E-state index in [9.17, 15) is 0 Å². The quantitative estimate of drug-likeness (QED) is 0.736. The predicted octanol–water partition coefficient (Wildman–Crippen LogP) is 4.63. The van der Waals surface area contributed by atoms with E-state index in [2.05, 4.69) is 61.6 Å². The smallest absolute Gasteiger partial charge is 0.134 e. The molecule has 0 fully saturated rings. The molecule has 108 valence electrons. The monoisotopic (exact) mass is 279 g/mol. The highest BCUT2D eigenvalue weighted by atomic mass is 16.3. The third kappa shape index (κ3) is 3.01. The Morgan fingerprint density at radius 1 is 1.00 bits per heavy atom. The van der Waals surface area contributed by atoms with Crippen LogP contribution in [0.15, 0.2) is 59.0 Å². The van der Waals surface area contributed by atoms with Crippen LogP contribution < -0.4 is 5.32 Å². The van der Waals surface area contributed by atoms with Gasteiger partial charge < -0.3 is 9.73 Å². The van der Waals surface area contributed by atoms with Crippen LogP contribution in [-0.4, -0.2) is 6.54 Å². The first-order valence-corrected chi connectivity index (χ1v) is 7.51. The molecule has 2 nitrogen and oxygen atoms in total. The summed E-state index contributed by atoms with van der Waals surface area (Å²) >= 11 is 0. The van der Waals surface area contributed by atoms with Crippen molar-refractivity contribution in [1.29, 1.82) is 0 Å². The standard InChI is InChI=1S/C19H21NO/c1-14-17-10-6-7-11-18(17)21-19(14)15(2)20-13-12-16-8-4-3-5-9-16/h3-11,15,20H,12-13H2,1-2H3. The zero-order valence-corrected chi connectivity index (χ0v) is 12.6. The molecule has 0 saturated heterocycles. The molecule has 0 amide bonds. The number of rotatable bonds is 5. The van der Waals surface area contributed by atoms with Crippen LogP contribution in [0, 0.1) is 6.92 Å². The molecule has 21 heavy (non-hydrogen) atoms. The van der Waals surface area contributed by atoms with Crippen LogP contribution in [0.4, 0.5) is 0 Å². The molecule has 2 heteroatoms. The van der Waals surface area contributed by atoms with Crippen molar-refractivity contribution in [3.63, 3.8) is 0 Å². The topological polar surface area (TPSA) is 25.2 Å². The van der Waals surface area contributed by atoms with Crippen LogP contribution in [0.2, 0.25) is 0 Å². The molecule has 1 N–H and O–H groups in total. The zero-order valence-electron chi connectivity index (χ0n) is 12.6. The number of hydrogen-bond acceptors (Lipinski definition) is 2. The van der Waals surface area contributed by atoms with Gasteiger partial charge in [-0.3, -0.25) is 0 Å². The van der Waals surface area contributed by atoms with Crippen molar-refractivity contribution in [3.8, 4) is 0 Å². The van der Waals surface area contributed by atoms with Gasteiger partial charge in [-0.1, -0.05) is 48.5 Å². The molecule has 0 bridgehead atoms. The second-order valence-electron chi connectivity index (χ2n) is 5.50. The fourth-order valence-corrected chi connectivity index (χ4v) is 2.78. The molecule has 3 aromatic rings. The summed E-state index contributed by atoms with van der Waals surface area (Å²) in [5, 5.41) is 4.77. The average molecular weight is 279 g/mol. The molecule has 1 unspecified atom stereocenters. The maximum atomic E-state index is 6.00. The SMILES string of the molecule is Cc1c(C(C)NCCc2ccccc2)oc2ccccc12. The van der Waals surface area contributed by atoms with Gasteiger partial charge in [-0.2, -0.15) is 0 Å². The van der Waals surface area contributed by atoms with E-state index in [-0.39, 0.29) is 6.04 Å². The van der Waals surface area contributed by atoms with Crippen molar-refractivity contribution in [2.75, 3.05) is 6.54 Å². The Kier molecular flexibility index (Phi) is 4.07. The van der Waals surface area contributed by atoms with Crippen molar-refractivity contribution >= 4 is 11.0 Å². The third-order valence-corrected chi connectivity index (χ3v) is 3.98. The van der Waals surface area contributed by atoms with E-state index in [1.807, 2.05) is 12.1 Å². The van der Waals surface area contributed by atoms with Gasteiger partial charge in [0.25, 0.3) is 0 Å². The maximum absolute atomic E-state index is 6.00. The lowest BCUT2D eigenvalue weighted by Crippen LogP contribution is -2.21. The van der Waals surface area contributed by atoms with Crippen LogP contribution in [0.5, 0.6) is 0 Å². The van der Waals surface area contributed by atoms with Crippen molar-refractivity contribution in [2.45, 2.75) is 26.3 Å². The summed E-state index contributed by atoms with van der Waals surface area (Å²) < 4.78 is 6.00. The lowest BCUT2D eigenvalue weighted by atomic mass is 10.1. The molecule has 2 aromatic carbocycles. The third-order valence-electron chi connectivity index (χ3n) is 3.98. The number of nitrogens with one attached hydrogen (secondary N) is 1. The summed E-state index contributed by atoms with van der Waals surface area (Å²) in [5.74, 6) is 1.05. The lowest BCUT2D eigenvalue weighted by Gasteiger charge is -2.12. The van der Waals surface area contributed by atoms with Gasteiger partial charge in [0.1, 0.15) is 11.3 Å². The number of para-hydroxylation sites is 1. The molecule has 3 rings (SSSR count). The average Bonchev–Trinajstić information content (AvgIpc) is 2.86. The first kappa shape index (κ1) is 13.9. The van der Waals surface area contributed by atoms with E-state index in [1.165, 1.54) is 16.5 Å². The Balaban J connectivity index is 1.67. The van der Waals surface area contributed by atoms with E-state index >= 15 is 0 Å². The summed E-state index contributed by atoms with van der Waals surface area (Å²) in [6.07, 6.45) is 1.03. The first-order valence-electron chi connectivity index (χ1n) is 7.51. The summed E-state index contributed by atoms with van der Waals surface area (Å²) in [5.41, 5.74) is 3.57. The van der Waals surface area contributed by atoms with E-state index in [4.69, 9.17) is 4.42 Å². The summed E-state index contributed by atoms with van der Waals surface area (Å²) in [4.78, 5) is 0. The number of furan rings is 1. The summed E-state index contributed by atoms with van der Waals surface area (Å²) in [7, 11) is 0. The molecular weight excluding hydrogens is 258 g/mol. The Bertz CT molecular complexity index is 715. The molecule has 0 aliphatic heterocycles. The molecule has 0 aliphatic rings. The highest BCUT2D eigenvalue weighted by Crippen LogP contribution is 2.28. The maximum Gasteiger partial charge on any atom is 0.134 e. The largest absolute Gasteiger partial charge is 0.459 e. The van der Waals surface area contributed by atoms with Gasteiger partial charge in [0.05, 0.1) is 6.04 Å². The molecule has 0 radical (unpaired) electrons. The minimum Gasteiger partial charge on any atom is -0.459 e. The van der Waals surface area contributed by atoms with E-state index in [0.717, 1.165) is 24.3 Å². The Morgan fingerprint density at radius 2 is 1.71 bits per heavy atom. The summed E-state index contributed by atoms with van der Waals surface area (Å²) in [6.45, 7) is 5.24. The molecule has 0 aliphatic carbocycles. The van der Waals surface area contributed by atoms with E-state index in [0.29, 0.717) is 0 Å². The minimum atomic E-state index is 0.223. The lowest BCUT2D eigenvalue weighted by molar-refractivity contribution is 0.450. The van der Waals surface area contributed by atoms with E-state index < -0.39 is 0 Å². The summed E-state index contributed by atoms with van der Waals surface area (Å²) in [6, 6.07) is 19.0. The second-order valence-corrected chi connectivity index (χ2v) is 5.50. The second kappa shape index (κ2) is 6.15. The zero-order chi connectivity index (χ0) is 14.7. The molecule has 0 spiro atoms. The van der Waals surface area contributed by atoms with Gasteiger partial charge in [0.2, 0.25) is 0 Å². The molecule has 1 heterocycles. The fraction of sp³-hybridized carbons (Fsp3) is 0.263. The number of hydrogen-bond donors (Lipinski definition) is 1. The normalized spacial score (nSPS) is 12.7.